The van der Waals surface area contributed by atoms with E-state index in [4.69, 9.17) is 0 Å². The van der Waals surface area contributed by atoms with Crippen LogP contribution in [-0.4, -0.2) is 38.7 Å². The van der Waals surface area contributed by atoms with Gasteiger partial charge in [0, 0.05) is 33.1 Å². The molecular formula is C14H18N4O2S. The van der Waals surface area contributed by atoms with Crippen molar-refractivity contribution in [3.8, 4) is 0 Å². The number of aromatic nitrogens is 2. The zero-order valence-electron chi connectivity index (χ0n) is 12.2. The molecule has 0 bridgehead atoms. The molecule has 0 aliphatic heterocycles. The summed E-state index contributed by atoms with van der Waals surface area (Å²) in [5.41, 5.74) is 0.979. The van der Waals surface area contributed by atoms with Crippen LogP contribution >= 0.6 is 0 Å². The number of sulfone groups is 1. The van der Waals surface area contributed by atoms with Gasteiger partial charge in [-0.2, -0.15) is 4.98 Å². The van der Waals surface area contributed by atoms with E-state index >= 15 is 0 Å². The van der Waals surface area contributed by atoms with Crippen molar-refractivity contribution in [3.05, 3.63) is 42.1 Å². The van der Waals surface area contributed by atoms with Crippen LogP contribution in [-0.2, 0) is 16.4 Å². The van der Waals surface area contributed by atoms with Gasteiger partial charge in [0.15, 0.2) is 9.84 Å². The maximum Gasteiger partial charge on any atom is 0.226 e. The standard InChI is InChI=1S/C14H18N4O2S/c1-18(2)14-15-9-8-13(17-14)16-10-11-4-6-12(7-5-11)21(3,19)20/h4-9H,10H2,1-3H3,(H,15,16,17). The van der Waals surface area contributed by atoms with E-state index in [9.17, 15) is 8.42 Å². The summed E-state index contributed by atoms with van der Waals surface area (Å²) in [4.78, 5) is 10.6. The van der Waals surface area contributed by atoms with E-state index in [0.29, 0.717) is 17.4 Å². The summed E-state index contributed by atoms with van der Waals surface area (Å²) in [5.74, 6) is 1.35. The van der Waals surface area contributed by atoms with Crippen molar-refractivity contribution < 1.29 is 8.42 Å². The van der Waals surface area contributed by atoms with Crippen molar-refractivity contribution >= 4 is 21.6 Å². The van der Waals surface area contributed by atoms with E-state index in [1.165, 1.54) is 6.26 Å². The second-order valence-electron chi connectivity index (χ2n) is 4.91. The van der Waals surface area contributed by atoms with Crippen LogP contribution in [0.1, 0.15) is 5.56 Å². The largest absolute Gasteiger partial charge is 0.366 e. The van der Waals surface area contributed by atoms with Gasteiger partial charge in [0.1, 0.15) is 5.82 Å². The molecule has 0 unspecified atom stereocenters. The van der Waals surface area contributed by atoms with Crippen LogP contribution in [0.4, 0.5) is 11.8 Å². The average molecular weight is 306 g/mol. The highest BCUT2D eigenvalue weighted by atomic mass is 32.2. The molecule has 6 nitrogen and oxygen atoms in total. The highest BCUT2D eigenvalue weighted by Crippen LogP contribution is 2.13. The Morgan fingerprint density at radius 2 is 1.81 bits per heavy atom. The molecule has 21 heavy (non-hydrogen) atoms. The van der Waals surface area contributed by atoms with Gasteiger partial charge in [0.2, 0.25) is 5.95 Å². The molecule has 0 aliphatic carbocycles. The molecule has 112 valence electrons. The number of nitrogens with zero attached hydrogens (tertiary/aromatic N) is 3. The second-order valence-corrected chi connectivity index (χ2v) is 6.92. The average Bonchev–Trinajstić information content (AvgIpc) is 2.45. The fourth-order valence-electron chi connectivity index (χ4n) is 1.71. The molecule has 0 atom stereocenters. The lowest BCUT2D eigenvalue weighted by Gasteiger charge is -2.11. The number of hydrogen-bond acceptors (Lipinski definition) is 6. The van der Waals surface area contributed by atoms with Crippen molar-refractivity contribution in [2.45, 2.75) is 11.4 Å². The van der Waals surface area contributed by atoms with Crippen LogP contribution in [0.15, 0.2) is 41.4 Å². The van der Waals surface area contributed by atoms with E-state index in [0.717, 1.165) is 11.4 Å². The molecule has 2 aromatic rings. The van der Waals surface area contributed by atoms with Crippen molar-refractivity contribution in [2.75, 3.05) is 30.6 Å². The fraction of sp³-hybridized carbons (Fsp3) is 0.286. The van der Waals surface area contributed by atoms with Crippen molar-refractivity contribution in [3.63, 3.8) is 0 Å². The minimum Gasteiger partial charge on any atom is -0.366 e. The van der Waals surface area contributed by atoms with E-state index in [-0.39, 0.29) is 0 Å². The molecule has 7 heteroatoms. The molecule has 0 spiro atoms. The number of nitrogens with one attached hydrogen (secondary N) is 1. The van der Waals surface area contributed by atoms with Gasteiger partial charge in [-0.25, -0.2) is 13.4 Å². The Hall–Kier alpha value is -2.15. The summed E-state index contributed by atoms with van der Waals surface area (Å²) in [5, 5.41) is 3.19. The monoisotopic (exact) mass is 306 g/mol. The van der Waals surface area contributed by atoms with Gasteiger partial charge in [-0.3, -0.25) is 0 Å². The van der Waals surface area contributed by atoms with Crippen LogP contribution in [0.5, 0.6) is 0 Å². The summed E-state index contributed by atoms with van der Waals surface area (Å²) in [6, 6.07) is 8.59. The van der Waals surface area contributed by atoms with Crippen molar-refractivity contribution in [1.29, 1.82) is 0 Å². The first kappa shape index (κ1) is 15.2. The van der Waals surface area contributed by atoms with Gasteiger partial charge in [0.25, 0.3) is 0 Å². The lowest BCUT2D eigenvalue weighted by Crippen LogP contribution is -2.13. The molecular weight excluding hydrogens is 288 g/mol. The Labute approximate surface area is 124 Å². The van der Waals surface area contributed by atoms with E-state index in [1.807, 2.05) is 19.0 Å². The maximum absolute atomic E-state index is 11.4. The van der Waals surface area contributed by atoms with Gasteiger partial charge in [-0.15, -0.1) is 0 Å². The first-order valence-electron chi connectivity index (χ1n) is 6.39. The van der Waals surface area contributed by atoms with Gasteiger partial charge in [-0.1, -0.05) is 12.1 Å². The Kier molecular flexibility index (Phi) is 4.42. The van der Waals surface area contributed by atoms with Crippen LogP contribution in [0.25, 0.3) is 0 Å². The molecule has 1 heterocycles. The Morgan fingerprint density at radius 3 is 2.38 bits per heavy atom. The van der Waals surface area contributed by atoms with Crippen LogP contribution in [0.3, 0.4) is 0 Å². The molecule has 0 saturated carbocycles. The normalized spacial score (nSPS) is 11.2. The number of anilines is 2. The number of hydrogen-bond donors (Lipinski definition) is 1. The Morgan fingerprint density at radius 1 is 1.14 bits per heavy atom. The van der Waals surface area contributed by atoms with Crippen molar-refractivity contribution in [1.82, 2.24) is 9.97 Å². The van der Waals surface area contributed by atoms with Gasteiger partial charge in [0.05, 0.1) is 4.90 Å². The Bertz CT molecular complexity index is 712. The number of benzene rings is 1. The van der Waals surface area contributed by atoms with Crippen LogP contribution in [0.2, 0.25) is 0 Å². The lowest BCUT2D eigenvalue weighted by atomic mass is 10.2. The van der Waals surface area contributed by atoms with E-state index in [2.05, 4.69) is 15.3 Å². The molecule has 1 aromatic carbocycles. The van der Waals surface area contributed by atoms with E-state index in [1.54, 1.807) is 36.5 Å². The summed E-state index contributed by atoms with van der Waals surface area (Å²) < 4.78 is 22.8. The minimum atomic E-state index is -3.15. The highest BCUT2D eigenvalue weighted by Gasteiger charge is 2.06. The molecule has 2 rings (SSSR count). The predicted octanol–water partition coefficient (Wildman–Crippen LogP) is 1.56. The van der Waals surface area contributed by atoms with Crippen LogP contribution in [0, 0.1) is 0 Å². The summed E-state index contributed by atoms with van der Waals surface area (Å²) in [7, 11) is 0.608. The SMILES string of the molecule is CN(C)c1nccc(NCc2ccc(S(C)(=O)=O)cc2)n1. The first-order chi connectivity index (χ1) is 9.86. The maximum atomic E-state index is 11.4. The van der Waals surface area contributed by atoms with Crippen molar-refractivity contribution in [2.24, 2.45) is 0 Å². The summed E-state index contributed by atoms with van der Waals surface area (Å²) >= 11 is 0. The molecule has 0 amide bonds. The minimum absolute atomic E-state index is 0.322. The molecule has 1 aromatic heterocycles. The fourth-order valence-corrected chi connectivity index (χ4v) is 2.34. The van der Waals surface area contributed by atoms with E-state index < -0.39 is 9.84 Å². The molecule has 0 radical (unpaired) electrons. The van der Waals surface area contributed by atoms with Gasteiger partial charge >= 0.3 is 0 Å². The second kappa shape index (κ2) is 6.09. The zero-order valence-corrected chi connectivity index (χ0v) is 13.1. The zero-order chi connectivity index (χ0) is 15.5. The topological polar surface area (TPSA) is 75.2 Å². The van der Waals surface area contributed by atoms with Crippen LogP contribution < -0.4 is 10.2 Å². The summed E-state index contributed by atoms with van der Waals surface area (Å²) in [6.45, 7) is 0.563. The molecule has 0 fully saturated rings. The quantitative estimate of drug-likeness (QED) is 0.903. The smallest absolute Gasteiger partial charge is 0.226 e. The molecule has 0 aliphatic rings. The van der Waals surface area contributed by atoms with Gasteiger partial charge < -0.3 is 10.2 Å². The third-order valence-corrected chi connectivity index (χ3v) is 4.00. The molecule has 1 N–H and O–H groups in total. The molecule has 0 saturated heterocycles. The first-order valence-corrected chi connectivity index (χ1v) is 8.28. The summed E-state index contributed by atoms with van der Waals surface area (Å²) in [6.07, 6.45) is 2.89. The lowest BCUT2D eigenvalue weighted by molar-refractivity contribution is 0.602. The highest BCUT2D eigenvalue weighted by molar-refractivity contribution is 7.90. The Balaban J connectivity index is 2.05. The van der Waals surface area contributed by atoms with Gasteiger partial charge in [-0.05, 0) is 23.8 Å². The number of rotatable bonds is 5. The third kappa shape index (κ3) is 4.16. The third-order valence-electron chi connectivity index (χ3n) is 2.87. The predicted molar refractivity (Wildman–Crippen MR) is 83.2 cm³/mol.